The number of rotatable bonds is 9. The molecule has 21 heavy (non-hydrogen) atoms. The van der Waals surface area contributed by atoms with Gasteiger partial charge in [-0.05, 0) is 72.0 Å². The predicted molar refractivity (Wildman–Crippen MR) is 87.7 cm³/mol. The zero-order valence-corrected chi connectivity index (χ0v) is 14.2. The maximum absolute atomic E-state index is 11.4. The Kier molecular flexibility index (Phi) is 8.27. The smallest absolute Gasteiger partial charge is 0.323 e. The van der Waals surface area contributed by atoms with Crippen molar-refractivity contribution in [1.29, 1.82) is 0 Å². The molecule has 1 aliphatic rings. The first-order chi connectivity index (χ1) is 9.99. The lowest BCUT2D eigenvalue weighted by molar-refractivity contribution is -0.144. The van der Waals surface area contributed by atoms with Crippen LogP contribution in [-0.2, 0) is 4.79 Å². The summed E-state index contributed by atoms with van der Waals surface area (Å²) in [4.78, 5) is 14.0. The van der Waals surface area contributed by atoms with E-state index in [1.54, 1.807) is 0 Å². The van der Waals surface area contributed by atoms with Crippen LogP contribution >= 0.6 is 0 Å². The maximum atomic E-state index is 11.4. The van der Waals surface area contributed by atoms with Crippen LogP contribution in [0.15, 0.2) is 0 Å². The number of carboxylic acid groups (broad SMARTS) is 1. The van der Waals surface area contributed by atoms with Crippen LogP contribution in [0, 0.1) is 0 Å². The molecule has 0 bridgehead atoms. The molecule has 0 aromatic rings. The first-order valence-electron chi connectivity index (χ1n) is 8.72. The highest BCUT2D eigenvalue weighted by Crippen LogP contribution is 2.19. The molecule has 4 nitrogen and oxygen atoms in total. The van der Waals surface area contributed by atoms with Crippen LogP contribution in [0.3, 0.4) is 0 Å². The maximum Gasteiger partial charge on any atom is 0.323 e. The van der Waals surface area contributed by atoms with E-state index in [9.17, 15) is 9.90 Å². The lowest BCUT2D eigenvalue weighted by Crippen LogP contribution is -2.49. The Morgan fingerprint density at radius 1 is 1.33 bits per heavy atom. The van der Waals surface area contributed by atoms with Crippen molar-refractivity contribution in [2.24, 2.45) is 0 Å². The van der Waals surface area contributed by atoms with E-state index in [0.717, 1.165) is 32.4 Å². The Labute approximate surface area is 130 Å². The minimum Gasteiger partial charge on any atom is -0.480 e. The number of likely N-dealkylation sites (tertiary alicyclic amines) is 1. The molecular weight excluding hydrogens is 264 g/mol. The standard InChI is InChI=1S/C17H34N2O2/c1-4-12-18-17(3,16(20)21)11-7-9-14-19-13-8-5-6-10-15(19)2/h15,18H,4-14H2,1-3H3,(H,20,21). The highest BCUT2D eigenvalue weighted by molar-refractivity contribution is 5.78. The molecule has 1 aliphatic heterocycles. The predicted octanol–water partition coefficient (Wildman–Crippen LogP) is 3.26. The lowest BCUT2D eigenvalue weighted by Gasteiger charge is -2.29. The summed E-state index contributed by atoms with van der Waals surface area (Å²) in [5, 5.41) is 12.6. The summed E-state index contributed by atoms with van der Waals surface area (Å²) in [5.41, 5.74) is -0.763. The van der Waals surface area contributed by atoms with Gasteiger partial charge in [-0.1, -0.05) is 19.8 Å². The highest BCUT2D eigenvalue weighted by Gasteiger charge is 2.31. The van der Waals surface area contributed by atoms with Gasteiger partial charge < -0.3 is 15.3 Å². The monoisotopic (exact) mass is 298 g/mol. The van der Waals surface area contributed by atoms with Gasteiger partial charge in [0.25, 0.3) is 0 Å². The molecule has 1 saturated heterocycles. The molecule has 124 valence electrons. The molecule has 1 heterocycles. The molecule has 0 aromatic heterocycles. The van der Waals surface area contributed by atoms with Gasteiger partial charge in [-0.3, -0.25) is 4.79 Å². The van der Waals surface area contributed by atoms with Crippen LogP contribution in [0.4, 0.5) is 0 Å². The third-order valence-corrected chi connectivity index (χ3v) is 4.80. The average molecular weight is 298 g/mol. The summed E-state index contributed by atoms with van der Waals surface area (Å²) in [5.74, 6) is -0.723. The fourth-order valence-corrected chi connectivity index (χ4v) is 3.13. The summed E-state index contributed by atoms with van der Waals surface area (Å²) in [7, 11) is 0. The van der Waals surface area contributed by atoms with E-state index in [1.165, 1.54) is 32.2 Å². The molecule has 0 radical (unpaired) electrons. The van der Waals surface area contributed by atoms with Gasteiger partial charge in [0.05, 0.1) is 0 Å². The van der Waals surface area contributed by atoms with Gasteiger partial charge in [-0.25, -0.2) is 0 Å². The van der Waals surface area contributed by atoms with Gasteiger partial charge in [-0.2, -0.15) is 0 Å². The Morgan fingerprint density at radius 3 is 2.76 bits per heavy atom. The van der Waals surface area contributed by atoms with E-state index < -0.39 is 11.5 Å². The van der Waals surface area contributed by atoms with Crippen molar-refractivity contribution in [3.8, 4) is 0 Å². The minimum atomic E-state index is -0.763. The zero-order chi connectivity index (χ0) is 15.7. The minimum absolute atomic E-state index is 0.691. The normalized spacial score (nSPS) is 23.5. The van der Waals surface area contributed by atoms with Crippen LogP contribution in [0.25, 0.3) is 0 Å². The SMILES string of the molecule is CCCNC(C)(CCCCN1CCCCCC1C)C(=O)O. The highest BCUT2D eigenvalue weighted by atomic mass is 16.4. The molecule has 1 rings (SSSR count). The van der Waals surface area contributed by atoms with Crippen LogP contribution in [0.5, 0.6) is 0 Å². The number of nitrogens with zero attached hydrogens (tertiary/aromatic N) is 1. The van der Waals surface area contributed by atoms with Crippen molar-refractivity contribution in [2.45, 2.75) is 83.7 Å². The third-order valence-electron chi connectivity index (χ3n) is 4.80. The number of hydrogen-bond acceptors (Lipinski definition) is 3. The number of aliphatic carboxylic acids is 1. The van der Waals surface area contributed by atoms with Gasteiger partial charge in [0, 0.05) is 6.04 Å². The molecule has 0 spiro atoms. The molecule has 4 heteroatoms. The molecule has 0 aliphatic carbocycles. The van der Waals surface area contributed by atoms with E-state index in [0.29, 0.717) is 12.5 Å². The second-order valence-electron chi connectivity index (χ2n) is 6.76. The summed E-state index contributed by atoms with van der Waals surface area (Å²) in [6.07, 6.45) is 9.09. The van der Waals surface area contributed by atoms with Gasteiger partial charge in [0.2, 0.25) is 0 Å². The quantitative estimate of drug-likeness (QED) is 0.642. The van der Waals surface area contributed by atoms with E-state index in [1.807, 2.05) is 6.92 Å². The molecule has 1 fully saturated rings. The van der Waals surface area contributed by atoms with Crippen molar-refractivity contribution in [3.63, 3.8) is 0 Å². The third kappa shape index (κ3) is 6.35. The number of hydrogen-bond donors (Lipinski definition) is 2. The van der Waals surface area contributed by atoms with Gasteiger partial charge in [0.15, 0.2) is 0 Å². The van der Waals surface area contributed by atoms with Crippen LogP contribution in [0.1, 0.15) is 72.1 Å². The number of unbranched alkanes of at least 4 members (excludes halogenated alkanes) is 1. The first kappa shape index (κ1) is 18.4. The van der Waals surface area contributed by atoms with Crippen LogP contribution < -0.4 is 5.32 Å². The molecular formula is C17H34N2O2. The van der Waals surface area contributed by atoms with Gasteiger partial charge >= 0.3 is 5.97 Å². The van der Waals surface area contributed by atoms with Crippen molar-refractivity contribution in [1.82, 2.24) is 10.2 Å². The number of nitrogens with one attached hydrogen (secondary N) is 1. The second kappa shape index (κ2) is 9.42. The molecule has 2 atom stereocenters. The van der Waals surface area contributed by atoms with Crippen molar-refractivity contribution >= 4 is 5.97 Å². The molecule has 2 unspecified atom stereocenters. The summed E-state index contributed by atoms with van der Waals surface area (Å²) in [6.45, 7) is 9.31. The van der Waals surface area contributed by atoms with Crippen LogP contribution in [0.2, 0.25) is 0 Å². The lowest BCUT2D eigenvalue weighted by atomic mass is 9.94. The topological polar surface area (TPSA) is 52.6 Å². The van der Waals surface area contributed by atoms with Gasteiger partial charge in [0.1, 0.15) is 5.54 Å². The fourth-order valence-electron chi connectivity index (χ4n) is 3.13. The van der Waals surface area contributed by atoms with Crippen molar-refractivity contribution in [3.05, 3.63) is 0 Å². The van der Waals surface area contributed by atoms with Crippen LogP contribution in [-0.4, -0.2) is 47.2 Å². The van der Waals surface area contributed by atoms with E-state index in [-0.39, 0.29) is 0 Å². The molecule has 0 aromatic carbocycles. The number of carbonyl (C=O) groups is 1. The largest absolute Gasteiger partial charge is 0.480 e. The summed E-state index contributed by atoms with van der Waals surface area (Å²) >= 11 is 0. The summed E-state index contributed by atoms with van der Waals surface area (Å²) < 4.78 is 0. The van der Waals surface area contributed by atoms with E-state index in [4.69, 9.17) is 0 Å². The molecule has 2 N–H and O–H groups in total. The number of carboxylic acids is 1. The Bertz CT molecular complexity index is 309. The Morgan fingerprint density at radius 2 is 2.10 bits per heavy atom. The zero-order valence-electron chi connectivity index (χ0n) is 14.2. The Balaban J connectivity index is 2.31. The van der Waals surface area contributed by atoms with E-state index in [2.05, 4.69) is 24.1 Å². The summed E-state index contributed by atoms with van der Waals surface area (Å²) in [6, 6.07) is 0.691. The Hall–Kier alpha value is -0.610. The second-order valence-corrected chi connectivity index (χ2v) is 6.76. The van der Waals surface area contributed by atoms with E-state index >= 15 is 0 Å². The van der Waals surface area contributed by atoms with Crippen molar-refractivity contribution < 1.29 is 9.90 Å². The molecule has 0 saturated carbocycles. The van der Waals surface area contributed by atoms with Gasteiger partial charge in [-0.15, -0.1) is 0 Å². The fraction of sp³-hybridized carbons (Fsp3) is 0.941. The molecule has 0 amide bonds. The first-order valence-corrected chi connectivity index (χ1v) is 8.72. The van der Waals surface area contributed by atoms with Crippen molar-refractivity contribution in [2.75, 3.05) is 19.6 Å². The average Bonchev–Trinajstić information content (AvgIpc) is 2.66.